The van der Waals surface area contributed by atoms with Crippen molar-refractivity contribution in [2.75, 3.05) is 47.4 Å². The van der Waals surface area contributed by atoms with Crippen molar-refractivity contribution in [2.45, 2.75) is 13.2 Å². The summed E-state index contributed by atoms with van der Waals surface area (Å²) in [5, 5.41) is 33.3. The van der Waals surface area contributed by atoms with Gasteiger partial charge in [0.05, 0.1) is 45.1 Å². The van der Waals surface area contributed by atoms with Gasteiger partial charge in [-0.05, 0) is 0 Å². The van der Waals surface area contributed by atoms with Crippen molar-refractivity contribution < 1.29 is 50.8 Å². The van der Waals surface area contributed by atoms with Gasteiger partial charge in [0, 0.05) is 47.0 Å². The summed E-state index contributed by atoms with van der Waals surface area (Å²) in [6.45, 7) is 2.80. The second kappa shape index (κ2) is 19.2. The molecule has 3 radical (unpaired) electrons. The Kier molecular flexibility index (Phi) is 17.2. The van der Waals surface area contributed by atoms with E-state index in [2.05, 4.69) is 41.2 Å². The van der Waals surface area contributed by atoms with E-state index in [4.69, 9.17) is 10.2 Å². The molecule has 18 heteroatoms. The summed E-state index contributed by atoms with van der Waals surface area (Å²) in [5.41, 5.74) is 0. The van der Waals surface area contributed by atoms with Crippen molar-refractivity contribution >= 4 is 86.9 Å². The Morgan fingerprint density at radius 3 is 1.21 bits per heavy atom. The first-order chi connectivity index (χ1) is 17.6. The van der Waals surface area contributed by atoms with E-state index in [1.54, 1.807) is 12.4 Å². The van der Waals surface area contributed by atoms with Crippen molar-refractivity contribution in [1.29, 1.82) is 0 Å². The number of aldehydes is 2. The third-order valence-corrected chi connectivity index (χ3v) is 7.69. The second-order valence-corrected chi connectivity index (χ2v) is 11.0. The molecule has 0 atom stereocenters. The molecule has 0 saturated heterocycles. The topological polar surface area (TPSA) is 174 Å². The molecule has 4 aromatic heterocycles. The quantitative estimate of drug-likeness (QED) is 0.0626. The molecule has 0 unspecified atom stereocenters. The number of thiazole rings is 4. The summed E-state index contributed by atoms with van der Waals surface area (Å²) in [7, 11) is 0. The van der Waals surface area contributed by atoms with Gasteiger partial charge in [0.2, 0.25) is 0 Å². The van der Waals surface area contributed by atoms with E-state index >= 15 is 0 Å². The first kappa shape index (κ1) is 34.1. The number of rotatable bonds is 14. The standard InChI is InChI=1S/C10H14N4O2S2.C10H10N4O2S2.B.Na.H/c2*15-5-7-3-13-9(17-7)11-1-2-12-10-14-4-8(6-16)18-10;;;/h3-4,15-16H,1-2,5-6H2,(H,11,13)(H,12,14);3-6H,1-2H2,(H,11,13)(H,12,14);;;/q;;;+1;-1. The molecule has 4 aromatic rings. The monoisotopic (exact) mass is 603 g/mol. The molecule has 0 amide bonds. The Balaban J connectivity index is 0.000000688. The molecule has 0 aliphatic carbocycles. The Morgan fingerprint density at radius 1 is 0.632 bits per heavy atom. The number of aliphatic hydroxyl groups is 2. The fraction of sp³-hybridized carbons (Fsp3) is 0.300. The summed E-state index contributed by atoms with van der Waals surface area (Å²) in [6, 6.07) is 0. The van der Waals surface area contributed by atoms with Gasteiger partial charge >= 0.3 is 29.6 Å². The molecule has 197 valence electrons. The zero-order valence-corrected chi connectivity index (χ0v) is 25.7. The van der Waals surface area contributed by atoms with Crippen LogP contribution in [0, 0.1) is 0 Å². The number of carbonyl (C=O) groups excluding carboxylic acids is 2. The van der Waals surface area contributed by atoms with Crippen LogP contribution in [0.4, 0.5) is 20.5 Å². The Labute approximate surface area is 260 Å². The Morgan fingerprint density at radius 2 is 0.947 bits per heavy atom. The normalized spacial score (nSPS) is 9.74. The third kappa shape index (κ3) is 11.8. The third-order valence-electron chi connectivity index (χ3n) is 4.05. The fourth-order valence-electron chi connectivity index (χ4n) is 2.45. The smallest absolute Gasteiger partial charge is 1.00 e. The average Bonchev–Trinajstić information content (AvgIpc) is 3.72. The van der Waals surface area contributed by atoms with Gasteiger partial charge in [0.1, 0.15) is 0 Å². The van der Waals surface area contributed by atoms with Gasteiger partial charge in [-0.25, -0.2) is 19.9 Å². The predicted molar refractivity (Wildman–Crippen MR) is 152 cm³/mol. The Bertz CT molecular complexity index is 1140. The van der Waals surface area contributed by atoms with E-state index in [0.29, 0.717) is 46.2 Å². The van der Waals surface area contributed by atoms with E-state index < -0.39 is 0 Å². The van der Waals surface area contributed by atoms with E-state index in [9.17, 15) is 9.59 Å². The molecule has 12 nitrogen and oxygen atoms in total. The van der Waals surface area contributed by atoms with Gasteiger partial charge < -0.3 is 32.9 Å². The minimum absolute atomic E-state index is 0. The van der Waals surface area contributed by atoms with Crippen molar-refractivity contribution in [3.05, 3.63) is 44.3 Å². The largest absolute Gasteiger partial charge is 1.00 e. The van der Waals surface area contributed by atoms with Crippen LogP contribution in [0.3, 0.4) is 0 Å². The summed E-state index contributed by atoms with van der Waals surface area (Å²) in [4.78, 5) is 40.1. The molecular formula is C20H25BN8NaO4S4. The molecule has 0 bridgehead atoms. The van der Waals surface area contributed by atoms with E-state index in [1.807, 2.05) is 0 Å². The van der Waals surface area contributed by atoms with Gasteiger partial charge in [0.15, 0.2) is 33.1 Å². The number of aliphatic hydroxyl groups excluding tert-OH is 2. The predicted octanol–water partition coefficient (Wildman–Crippen LogP) is -0.407. The SMILES string of the molecule is O=Cc1cnc(NCCNc2ncc(C=O)s2)s1.OCc1cnc(NCCNc2ncc(CO)s2)s1.[B].[H-].[Na+]. The van der Waals surface area contributed by atoms with Crippen LogP contribution < -0.4 is 50.8 Å². The fourth-order valence-corrected chi connectivity index (χ4v) is 5.16. The molecule has 0 aliphatic heterocycles. The summed E-state index contributed by atoms with van der Waals surface area (Å²) in [6.07, 6.45) is 7.94. The number of aromatic nitrogens is 4. The molecule has 6 N–H and O–H groups in total. The van der Waals surface area contributed by atoms with Gasteiger partial charge in [-0.1, -0.05) is 45.3 Å². The summed E-state index contributed by atoms with van der Waals surface area (Å²) in [5.74, 6) is 0. The molecule has 38 heavy (non-hydrogen) atoms. The van der Waals surface area contributed by atoms with E-state index in [-0.39, 0.29) is 52.6 Å². The average molecular weight is 604 g/mol. The number of anilines is 4. The van der Waals surface area contributed by atoms with Crippen molar-refractivity contribution in [2.24, 2.45) is 0 Å². The minimum Gasteiger partial charge on any atom is -1.00 e. The number of nitrogens with zero attached hydrogens (tertiary/aromatic N) is 4. The zero-order valence-electron chi connectivity index (χ0n) is 21.4. The Hall–Kier alpha value is -1.96. The number of hydrogen-bond donors (Lipinski definition) is 6. The van der Waals surface area contributed by atoms with Crippen LogP contribution in [-0.2, 0) is 13.2 Å². The molecule has 0 aliphatic rings. The van der Waals surface area contributed by atoms with Crippen LogP contribution in [0.25, 0.3) is 0 Å². The molecule has 0 saturated carbocycles. The van der Waals surface area contributed by atoms with Gasteiger partial charge in [0.25, 0.3) is 0 Å². The molecule has 0 spiro atoms. The van der Waals surface area contributed by atoms with Crippen LogP contribution in [-0.4, -0.2) is 77.3 Å². The molecular weight excluding hydrogens is 578 g/mol. The first-order valence-electron chi connectivity index (χ1n) is 10.5. The summed E-state index contributed by atoms with van der Waals surface area (Å²) >= 11 is 5.50. The van der Waals surface area contributed by atoms with Crippen LogP contribution >= 0.6 is 45.3 Å². The van der Waals surface area contributed by atoms with E-state index in [1.165, 1.54) is 57.7 Å². The zero-order chi connectivity index (χ0) is 25.6. The van der Waals surface area contributed by atoms with Gasteiger partial charge in [-0.15, -0.1) is 0 Å². The van der Waals surface area contributed by atoms with Crippen LogP contribution in [0.5, 0.6) is 0 Å². The van der Waals surface area contributed by atoms with Crippen LogP contribution in [0.1, 0.15) is 30.5 Å². The first-order valence-corrected chi connectivity index (χ1v) is 13.8. The minimum atomic E-state index is 0. The number of nitrogens with one attached hydrogen (secondary N) is 4. The molecule has 4 rings (SSSR count). The van der Waals surface area contributed by atoms with Gasteiger partial charge in [-0.2, -0.15) is 0 Å². The molecule has 0 fully saturated rings. The maximum Gasteiger partial charge on any atom is 1.00 e. The van der Waals surface area contributed by atoms with Crippen molar-refractivity contribution in [3.8, 4) is 0 Å². The van der Waals surface area contributed by atoms with Crippen molar-refractivity contribution in [1.82, 2.24) is 19.9 Å². The maximum atomic E-state index is 10.5. The number of hydrogen-bond acceptors (Lipinski definition) is 16. The second-order valence-electron chi connectivity index (χ2n) is 6.66. The van der Waals surface area contributed by atoms with Crippen LogP contribution in [0.2, 0.25) is 0 Å². The molecule has 0 aromatic carbocycles. The summed E-state index contributed by atoms with van der Waals surface area (Å²) < 4.78 is 0. The molecule has 4 heterocycles. The van der Waals surface area contributed by atoms with Crippen LogP contribution in [0.15, 0.2) is 24.8 Å². The van der Waals surface area contributed by atoms with Gasteiger partial charge in [-0.3, -0.25) is 9.59 Å². The number of carbonyl (C=O) groups is 2. The van der Waals surface area contributed by atoms with E-state index in [0.717, 1.165) is 32.6 Å². The van der Waals surface area contributed by atoms with Crippen molar-refractivity contribution in [3.63, 3.8) is 0 Å². The maximum absolute atomic E-state index is 10.5.